The van der Waals surface area contributed by atoms with Gasteiger partial charge < -0.3 is 30.3 Å². The first-order valence-electron chi connectivity index (χ1n) is 15.4. The topological polar surface area (TPSA) is 111 Å². The van der Waals surface area contributed by atoms with E-state index in [0.717, 1.165) is 76.8 Å². The fraction of sp³-hybridized carbons (Fsp3) is 0.710. The molecule has 9 nitrogen and oxygen atoms in total. The summed E-state index contributed by atoms with van der Waals surface area (Å²) in [7, 11) is 1.61. The summed E-state index contributed by atoms with van der Waals surface area (Å²) in [5, 5.41) is 16.7. The number of hydrogen-bond donors (Lipinski definition) is 3. The van der Waals surface area contributed by atoms with Crippen LogP contribution >= 0.6 is 0 Å². The minimum absolute atomic E-state index is 0.0813. The molecule has 9 heteroatoms. The van der Waals surface area contributed by atoms with Crippen LogP contribution < -0.4 is 15.4 Å². The zero-order valence-corrected chi connectivity index (χ0v) is 24.3. The molecule has 3 amide bonds. The van der Waals surface area contributed by atoms with Gasteiger partial charge in [0.15, 0.2) is 0 Å². The lowest BCUT2D eigenvalue weighted by molar-refractivity contribution is -0.165. The van der Waals surface area contributed by atoms with E-state index in [9.17, 15) is 19.5 Å². The largest absolute Gasteiger partial charge is 0.494 e. The third-order valence-corrected chi connectivity index (χ3v) is 9.13. The third-order valence-electron chi connectivity index (χ3n) is 9.13. The second-order valence-electron chi connectivity index (χ2n) is 11.7. The molecule has 1 aromatic carbocycles. The number of piperidine rings is 1. The van der Waals surface area contributed by atoms with Crippen molar-refractivity contribution in [3.63, 3.8) is 0 Å². The predicted octanol–water partition coefficient (Wildman–Crippen LogP) is 3.11. The third kappa shape index (κ3) is 6.97. The average molecular weight is 557 g/mol. The Morgan fingerprint density at radius 2 is 1.77 bits per heavy atom. The number of carbonyl (C=O) groups excluding carboxylic acids is 3. The zero-order chi connectivity index (χ0) is 28.5. The Balaban J connectivity index is 1.26. The molecule has 2 saturated heterocycles. The van der Waals surface area contributed by atoms with E-state index in [4.69, 9.17) is 4.74 Å². The SMILES string of the molecule is CCCCN1C(=O)[C@@H]([C@H](O)C2CCCCC2)NC(=O)C12CCN(CCCCOc1ccc(C(=O)NC)cc1)CC2. The first-order valence-corrected chi connectivity index (χ1v) is 15.4. The van der Waals surface area contributed by atoms with Crippen molar-refractivity contribution in [3.05, 3.63) is 29.8 Å². The molecule has 0 unspecified atom stereocenters. The van der Waals surface area contributed by atoms with Crippen molar-refractivity contribution >= 4 is 17.7 Å². The van der Waals surface area contributed by atoms with Crippen LogP contribution in [-0.4, -0.2) is 90.1 Å². The molecule has 0 aromatic heterocycles. The summed E-state index contributed by atoms with van der Waals surface area (Å²) < 4.78 is 5.84. The average Bonchev–Trinajstić information content (AvgIpc) is 2.99. The van der Waals surface area contributed by atoms with Crippen LogP contribution in [0.2, 0.25) is 0 Å². The summed E-state index contributed by atoms with van der Waals surface area (Å²) in [5.74, 6) is 0.534. The smallest absolute Gasteiger partial charge is 0.251 e. The molecule has 3 N–H and O–H groups in total. The van der Waals surface area contributed by atoms with Crippen LogP contribution in [0, 0.1) is 5.92 Å². The van der Waals surface area contributed by atoms with Gasteiger partial charge in [0, 0.05) is 32.2 Å². The number of likely N-dealkylation sites (tertiary alicyclic amines) is 1. The lowest BCUT2D eigenvalue weighted by Gasteiger charge is -2.52. The molecule has 4 rings (SSSR count). The highest BCUT2D eigenvalue weighted by molar-refractivity contribution is 6.00. The van der Waals surface area contributed by atoms with Gasteiger partial charge in [-0.2, -0.15) is 0 Å². The van der Waals surface area contributed by atoms with Gasteiger partial charge in [-0.15, -0.1) is 0 Å². The number of nitrogens with zero attached hydrogens (tertiary/aromatic N) is 2. The molecule has 1 saturated carbocycles. The number of aliphatic hydroxyl groups excluding tert-OH is 1. The molecule has 2 aliphatic heterocycles. The van der Waals surface area contributed by atoms with Gasteiger partial charge in [-0.1, -0.05) is 32.6 Å². The van der Waals surface area contributed by atoms with Gasteiger partial charge in [0.2, 0.25) is 11.8 Å². The molecule has 3 fully saturated rings. The summed E-state index contributed by atoms with van der Waals surface area (Å²) in [5.41, 5.74) is -0.203. The number of aliphatic hydroxyl groups is 1. The first-order chi connectivity index (χ1) is 19.4. The number of piperazine rings is 1. The molecule has 1 aliphatic carbocycles. The Kier molecular flexibility index (Phi) is 10.8. The number of amides is 3. The highest BCUT2D eigenvalue weighted by atomic mass is 16.5. The van der Waals surface area contributed by atoms with E-state index in [0.29, 0.717) is 31.6 Å². The Morgan fingerprint density at radius 3 is 2.42 bits per heavy atom. The van der Waals surface area contributed by atoms with Crippen LogP contribution in [0.4, 0.5) is 0 Å². The van der Waals surface area contributed by atoms with Crippen LogP contribution in [0.15, 0.2) is 24.3 Å². The number of ether oxygens (including phenoxy) is 1. The van der Waals surface area contributed by atoms with Gasteiger partial charge in [-0.3, -0.25) is 14.4 Å². The fourth-order valence-electron chi connectivity index (χ4n) is 6.58. The summed E-state index contributed by atoms with van der Waals surface area (Å²) in [4.78, 5) is 43.3. The molecule has 0 radical (unpaired) electrons. The van der Waals surface area contributed by atoms with E-state index in [1.807, 2.05) is 17.0 Å². The molecular formula is C31H48N4O5. The highest BCUT2D eigenvalue weighted by Gasteiger charge is 2.55. The van der Waals surface area contributed by atoms with Crippen LogP contribution in [-0.2, 0) is 9.59 Å². The van der Waals surface area contributed by atoms with Gasteiger partial charge >= 0.3 is 0 Å². The van der Waals surface area contributed by atoms with Crippen molar-refractivity contribution in [2.75, 3.05) is 39.8 Å². The molecule has 40 heavy (non-hydrogen) atoms. The maximum atomic E-state index is 13.7. The molecule has 1 spiro atoms. The van der Waals surface area contributed by atoms with Crippen LogP contribution in [0.3, 0.4) is 0 Å². The van der Waals surface area contributed by atoms with Crippen molar-refractivity contribution in [1.82, 2.24) is 20.4 Å². The quantitative estimate of drug-likeness (QED) is 0.341. The Hall–Kier alpha value is -2.65. The van der Waals surface area contributed by atoms with E-state index < -0.39 is 17.7 Å². The second-order valence-corrected chi connectivity index (χ2v) is 11.7. The van der Waals surface area contributed by atoms with Crippen molar-refractivity contribution in [1.29, 1.82) is 0 Å². The summed E-state index contributed by atoms with van der Waals surface area (Å²) >= 11 is 0. The van der Waals surface area contributed by atoms with E-state index in [2.05, 4.69) is 22.5 Å². The molecular weight excluding hydrogens is 508 g/mol. The molecule has 3 aliphatic rings. The number of nitrogens with one attached hydrogen (secondary N) is 2. The van der Waals surface area contributed by atoms with Crippen LogP contribution in [0.25, 0.3) is 0 Å². The lowest BCUT2D eigenvalue weighted by Crippen LogP contribution is -2.75. The highest BCUT2D eigenvalue weighted by Crippen LogP contribution is 2.36. The van der Waals surface area contributed by atoms with E-state index in [1.54, 1.807) is 19.2 Å². The molecule has 2 atom stereocenters. The standard InChI is InChI=1S/C31H48N4O5/c1-3-4-19-35-29(38)26(27(36)23-10-6-5-7-11-23)33-30(39)31(35)16-20-34(21-17-31)18-8-9-22-40-25-14-12-24(13-15-25)28(37)32-2/h12-15,23,26-27,36H,3-11,16-22H2,1-2H3,(H,32,37)(H,33,39)/t26-,27-/m1/s1. The lowest BCUT2D eigenvalue weighted by atomic mass is 9.78. The number of unbranched alkanes of at least 4 members (excludes halogenated alkanes) is 2. The summed E-state index contributed by atoms with van der Waals surface area (Å²) in [6.07, 6.45) is 9.29. The van der Waals surface area contributed by atoms with E-state index in [1.165, 1.54) is 6.42 Å². The van der Waals surface area contributed by atoms with E-state index in [-0.39, 0.29) is 23.6 Å². The number of rotatable bonds is 12. The normalized spacial score (nSPS) is 22.7. The molecule has 2 heterocycles. The monoisotopic (exact) mass is 556 g/mol. The predicted molar refractivity (Wildman–Crippen MR) is 154 cm³/mol. The molecule has 1 aromatic rings. The maximum Gasteiger partial charge on any atom is 0.251 e. The van der Waals surface area contributed by atoms with Gasteiger partial charge in [0.25, 0.3) is 5.91 Å². The second kappa shape index (κ2) is 14.3. The van der Waals surface area contributed by atoms with Crippen molar-refractivity contribution < 1.29 is 24.2 Å². The van der Waals surface area contributed by atoms with Gasteiger partial charge in [0.1, 0.15) is 17.3 Å². The Labute approximate surface area is 239 Å². The Bertz CT molecular complexity index is 986. The minimum atomic E-state index is -0.823. The van der Waals surface area contributed by atoms with Gasteiger partial charge in [-0.05, 0) is 81.7 Å². The summed E-state index contributed by atoms with van der Waals surface area (Å²) in [6, 6.07) is 6.32. The maximum absolute atomic E-state index is 13.7. The number of hydrogen-bond acceptors (Lipinski definition) is 6. The van der Waals surface area contributed by atoms with Crippen molar-refractivity contribution in [2.24, 2.45) is 5.92 Å². The fourth-order valence-corrected chi connectivity index (χ4v) is 6.58. The number of benzene rings is 1. The molecule has 0 bridgehead atoms. The van der Waals surface area contributed by atoms with Crippen LogP contribution in [0.1, 0.15) is 87.9 Å². The van der Waals surface area contributed by atoms with Crippen molar-refractivity contribution in [2.45, 2.75) is 95.2 Å². The van der Waals surface area contributed by atoms with Gasteiger partial charge in [0.05, 0.1) is 12.7 Å². The summed E-state index contributed by atoms with van der Waals surface area (Å²) in [6.45, 7) is 5.72. The van der Waals surface area contributed by atoms with Gasteiger partial charge in [-0.25, -0.2) is 0 Å². The Morgan fingerprint density at radius 1 is 1.07 bits per heavy atom. The van der Waals surface area contributed by atoms with Crippen molar-refractivity contribution in [3.8, 4) is 5.75 Å². The molecule has 222 valence electrons. The zero-order valence-electron chi connectivity index (χ0n) is 24.3. The van der Waals surface area contributed by atoms with Crippen LogP contribution in [0.5, 0.6) is 5.75 Å². The minimum Gasteiger partial charge on any atom is -0.494 e. The first kappa shape index (κ1) is 30.3. The number of carbonyl (C=O) groups is 3. The van der Waals surface area contributed by atoms with E-state index >= 15 is 0 Å².